The summed E-state index contributed by atoms with van der Waals surface area (Å²) >= 11 is 0. The molecule has 3 nitrogen and oxygen atoms in total. The zero-order chi connectivity index (χ0) is 9.84. The van der Waals surface area contributed by atoms with Gasteiger partial charge in [0.15, 0.2) is 0 Å². The van der Waals surface area contributed by atoms with Crippen LogP contribution in [0.5, 0.6) is 0 Å². The molecular formula is C10H23N3. The number of likely N-dealkylation sites (tertiary alicyclic amines) is 1. The SMILES string of the molecule is CC(C)N1CC(N(C)CCCN)C1. The average molecular weight is 185 g/mol. The van der Waals surface area contributed by atoms with Crippen molar-refractivity contribution in [1.29, 1.82) is 0 Å². The molecule has 1 aliphatic rings. The Morgan fingerprint density at radius 3 is 2.54 bits per heavy atom. The molecule has 1 fully saturated rings. The highest BCUT2D eigenvalue weighted by Gasteiger charge is 2.30. The van der Waals surface area contributed by atoms with Gasteiger partial charge in [-0.05, 0) is 40.4 Å². The lowest BCUT2D eigenvalue weighted by Gasteiger charge is -2.46. The molecule has 0 aliphatic carbocycles. The van der Waals surface area contributed by atoms with Gasteiger partial charge >= 0.3 is 0 Å². The van der Waals surface area contributed by atoms with Crippen molar-refractivity contribution < 1.29 is 0 Å². The molecule has 0 aromatic carbocycles. The maximum atomic E-state index is 5.47. The van der Waals surface area contributed by atoms with E-state index < -0.39 is 0 Å². The summed E-state index contributed by atoms with van der Waals surface area (Å²) in [4.78, 5) is 4.94. The number of nitrogens with two attached hydrogens (primary N) is 1. The summed E-state index contributed by atoms with van der Waals surface area (Å²) in [6, 6.07) is 1.48. The second kappa shape index (κ2) is 4.94. The Labute approximate surface area is 81.9 Å². The van der Waals surface area contributed by atoms with Crippen LogP contribution in [-0.2, 0) is 0 Å². The first-order valence-corrected chi connectivity index (χ1v) is 5.29. The van der Waals surface area contributed by atoms with E-state index in [0.717, 1.165) is 25.6 Å². The zero-order valence-electron chi connectivity index (χ0n) is 9.16. The highest BCUT2D eigenvalue weighted by Crippen LogP contribution is 2.16. The highest BCUT2D eigenvalue weighted by molar-refractivity contribution is 4.88. The van der Waals surface area contributed by atoms with Gasteiger partial charge in [-0.1, -0.05) is 0 Å². The molecule has 78 valence electrons. The lowest BCUT2D eigenvalue weighted by atomic mass is 10.1. The van der Waals surface area contributed by atoms with Crippen molar-refractivity contribution >= 4 is 0 Å². The van der Waals surface area contributed by atoms with E-state index in [9.17, 15) is 0 Å². The third kappa shape index (κ3) is 2.93. The molecule has 0 unspecified atom stereocenters. The Balaban J connectivity index is 2.11. The van der Waals surface area contributed by atoms with E-state index in [4.69, 9.17) is 5.73 Å². The van der Waals surface area contributed by atoms with Crippen LogP contribution >= 0.6 is 0 Å². The Hall–Kier alpha value is -0.120. The number of rotatable bonds is 5. The van der Waals surface area contributed by atoms with E-state index in [2.05, 4.69) is 30.7 Å². The molecule has 0 amide bonds. The van der Waals surface area contributed by atoms with E-state index in [-0.39, 0.29) is 0 Å². The van der Waals surface area contributed by atoms with Gasteiger partial charge in [0.1, 0.15) is 0 Å². The summed E-state index contributed by atoms with van der Waals surface area (Å²) in [7, 11) is 2.21. The van der Waals surface area contributed by atoms with Gasteiger partial charge in [-0.25, -0.2) is 0 Å². The molecule has 3 heteroatoms. The average Bonchev–Trinajstić information content (AvgIpc) is 1.97. The summed E-state index contributed by atoms with van der Waals surface area (Å²) < 4.78 is 0. The molecule has 0 atom stereocenters. The van der Waals surface area contributed by atoms with Crippen LogP contribution in [0.25, 0.3) is 0 Å². The van der Waals surface area contributed by atoms with Crippen molar-refractivity contribution in [2.24, 2.45) is 5.73 Å². The Morgan fingerprint density at radius 2 is 2.08 bits per heavy atom. The maximum Gasteiger partial charge on any atom is 0.0347 e. The van der Waals surface area contributed by atoms with Crippen LogP contribution in [0.4, 0.5) is 0 Å². The molecule has 0 aromatic heterocycles. The first-order valence-electron chi connectivity index (χ1n) is 5.29. The van der Waals surface area contributed by atoms with Gasteiger partial charge in [0.2, 0.25) is 0 Å². The summed E-state index contributed by atoms with van der Waals surface area (Å²) in [5, 5.41) is 0. The van der Waals surface area contributed by atoms with Crippen molar-refractivity contribution in [2.45, 2.75) is 32.4 Å². The molecule has 0 aromatic rings. The van der Waals surface area contributed by atoms with Crippen molar-refractivity contribution in [2.75, 3.05) is 33.2 Å². The lowest BCUT2D eigenvalue weighted by molar-refractivity contribution is 0.0269. The van der Waals surface area contributed by atoms with Crippen molar-refractivity contribution in [3.63, 3.8) is 0 Å². The minimum absolute atomic E-state index is 0.708. The Bertz CT molecular complexity index is 141. The topological polar surface area (TPSA) is 32.5 Å². The fourth-order valence-corrected chi connectivity index (χ4v) is 1.71. The van der Waals surface area contributed by atoms with Crippen LogP contribution in [0.1, 0.15) is 20.3 Å². The maximum absolute atomic E-state index is 5.47. The molecule has 2 N–H and O–H groups in total. The minimum atomic E-state index is 0.708. The van der Waals surface area contributed by atoms with Gasteiger partial charge in [-0.3, -0.25) is 4.90 Å². The molecular weight excluding hydrogens is 162 g/mol. The van der Waals surface area contributed by atoms with Crippen LogP contribution < -0.4 is 5.73 Å². The zero-order valence-corrected chi connectivity index (χ0v) is 9.16. The molecule has 0 saturated carbocycles. The smallest absolute Gasteiger partial charge is 0.0347 e. The van der Waals surface area contributed by atoms with E-state index in [1.54, 1.807) is 0 Å². The van der Waals surface area contributed by atoms with E-state index in [1.807, 2.05) is 0 Å². The minimum Gasteiger partial charge on any atom is -0.330 e. The van der Waals surface area contributed by atoms with E-state index >= 15 is 0 Å². The summed E-state index contributed by atoms with van der Waals surface area (Å²) in [5.41, 5.74) is 5.47. The molecule has 0 spiro atoms. The van der Waals surface area contributed by atoms with Crippen molar-refractivity contribution in [3.05, 3.63) is 0 Å². The van der Waals surface area contributed by atoms with Gasteiger partial charge in [0, 0.05) is 25.2 Å². The Kier molecular flexibility index (Phi) is 4.16. The number of hydrogen-bond acceptors (Lipinski definition) is 3. The fraction of sp³-hybridized carbons (Fsp3) is 1.00. The number of likely N-dealkylation sites (N-methyl/N-ethyl adjacent to an activating group) is 1. The van der Waals surface area contributed by atoms with Crippen LogP contribution in [-0.4, -0.2) is 55.1 Å². The fourth-order valence-electron chi connectivity index (χ4n) is 1.71. The van der Waals surface area contributed by atoms with Crippen molar-refractivity contribution in [3.8, 4) is 0 Å². The second-order valence-electron chi connectivity index (χ2n) is 4.32. The number of nitrogens with zero attached hydrogens (tertiary/aromatic N) is 2. The van der Waals surface area contributed by atoms with Crippen molar-refractivity contribution in [1.82, 2.24) is 9.80 Å². The highest BCUT2D eigenvalue weighted by atomic mass is 15.3. The second-order valence-corrected chi connectivity index (χ2v) is 4.32. The van der Waals surface area contributed by atoms with Crippen LogP contribution in [0.15, 0.2) is 0 Å². The van der Waals surface area contributed by atoms with E-state index in [1.165, 1.54) is 13.1 Å². The third-order valence-electron chi connectivity index (χ3n) is 2.96. The molecule has 1 saturated heterocycles. The Morgan fingerprint density at radius 1 is 1.46 bits per heavy atom. The van der Waals surface area contributed by atoms with Gasteiger partial charge in [0.05, 0.1) is 0 Å². The molecule has 1 aliphatic heterocycles. The lowest BCUT2D eigenvalue weighted by Crippen LogP contribution is -2.60. The van der Waals surface area contributed by atoms with Crippen LogP contribution in [0.3, 0.4) is 0 Å². The molecule has 1 heterocycles. The first-order chi connectivity index (χ1) is 6.15. The monoisotopic (exact) mass is 185 g/mol. The summed E-state index contributed by atoms with van der Waals surface area (Å²) in [6.07, 6.45) is 1.12. The number of hydrogen-bond donors (Lipinski definition) is 1. The predicted octanol–water partition coefficient (Wildman–Crippen LogP) is 0.360. The summed E-state index contributed by atoms with van der Waals surface area (Å²) in [5.74, 6) is 0. The van der Waals surface area contributed by atoms with Crippen LogP contribution in [0, 0.1) is 0 Å². The molecule has 1 rings (SSSR count). The first kappa shape index (κ1) is 11.0. The predicted molar refractivity (Wildman–Crippen MR) is 56.8 cm³/mol. The third-order valence-corrected chi connectivity index (χ3v) is 2.96. The quantitative estimate of drug-likeness (QED) is 0.671. The van der Waals surface area contributed by atoms with Gasteiger partial charge in [-0.2, -0.15) is 0 Å². The molecule has 13 heavy (non-hydrogen) atoms. The molecule has 0 radical (unpaired) electrons. The van der Waals surface area contributed by atoms with Gasteiger partial charge in [0.25, 0.3) is 0 Å². The summed E-state index contributed by atoms with van der Waals surface area (Å²) in [6.45, 7) is 8.95. The van der Waals surface area contributed by atoms with Gasteiger partial charge < -0.3 is 10.6 Å². The normalized spacial score (nSPS) is 19.8. The standard InChI is InChI=1S/C10H23N3/c1-9(2)13-7-10(8-13)12(3)6-4-5-11/h9-10H,4-8,11H2,1-3H3. The molecule has 0 bridgehead atoms. The van der Waals surface area contributed by atoms with Crippen LogP contribution in [0.2, 0.25) is 0 Å². The van der Waals surface area contributed by atoms with Gasteiger partial charge in [-0.15, -0.1) is 0 Å². The van der Waals surface area contributed by atoms with E-state index in [0.29, 0.717) is 6.04 Å². The largest absolute Gasteiger partial charge is 0.330 e.